The van der Waals surface area contributed by atoms with Gasteiger partial charge in [0, 0.05) is 62.4 Å². The predicted octanol–water partition coefficient (Wildman–Crippen LogP) is 4.27. The van der Waals surface area contributed by atoms with Crippen molar-refractivity contribution >= 4 is 34.5 Å². The van der Waals surface area contributed by atoms with Gasteiger partial charge in [0.1, 0.15) is 6.04 Å². The summed E-state index contributed by atoms with van der Waals surface area (Å²) in [4.78, 5) is 36.2. The molecule has 1 unspecified atom stereocenters. The van der Waals surface area contributed by atoms with E-state index in [0.29, 0.717) is 49.8 Å². The highest BCUT2D eigenvalue weighted by Crippen LogP contribution is 2.32. The van der Waals surface area contributed by atoms with Crippen LogP contribution in [0.3, 0.4) is 0 Å². The fourth-order valence-electron chi connectivity index (χ4n) is 7.10. The van der Waals surface area contributed by atoms with Gasteiger partial charge >= 0.3 is 0 Å². The molecule has 0 bridgehead atoms. The average molecular weight is 688 g/mol. The van der Waals surface area contributed by atoms with Crippen molar-refractivity contribution in [3.63, 3.8) is 0 Å². The molecule has 10 nitrogen and oxygen atoms in total. The SMILES string of the molecule is CC(C)(C)NC(=O)[C@@H]1CN(Cc2cnc3occc3c2Cl)CCN1C[C@@H](O)C[C@@H](Cc1ccccc1)C(=O)NC1c2ccccc2C[C@H]1O. The van der Waals surface area contributed by atoms with Crippen molar-refractivity contribution in [1.29, 1.82) is 0 Å². The summed E-state index contributed by atoms with van der Waals surface area (Å²) in [7, 11) is 0. The molecule has 1 aliphatic heterocycles. The number of hydrogen-bond acceptors (Lipinski definition) is 8. The van der Waals surface area contributed by atoms with Crippen LogP contribution in [0.2, 0.25) is 5.02 Å². The number of amides is 2. The zero-order valence-electron chi connectivity index (χ0n) is 28.3. The first-order chi connectivity index (χ1) is 23.4. The summed E-state index contributed by atoms with van der Waals surface area (Å²) < 4.78 is 5.39. The van der Waals surface area contributed by atoms with Gasteiger partial charge in [-0.3, -0.25) is 19.4 Å². The van der Waals surface area contributed by atoms with Crippen LogP contribution in [0.4, 0.5) is 0 Å². The lowest BCUT2D eigenvalue weighted by molar-refractivity contribution is -0.132. The van der Waals surface area contributed by atoms with Gasteiger partial charge in [-0.2, -0.15) is 0 Å². The summed E-state index contributed by atoms with van der Waals surface area (Å²) >= 11 is 6.71. The molecule has 4 N–H and O–H groups in total. The number of carbonyl (C=O) groups excluding carboxylic acids is 2. The third-order valence-electron chi connectivity index (χ3n) is 9.47. The Balaban J connectivity index is 1.16. The third kappa shape index (κ3) is 8.51. The molecule has 1 fully saturated rings. The molecule has 260 valence electrons. The van der Waals surface area contributed by atoms with E-state index in [1.54, 1.807) is 18.5 Å². The lowest BCUT2D eigenvalue weighted by Gasteiger charge is -2.42. The lowest BCUT2D eigenvalue weighted by Crippen LogP contribution is -2.61. The molecule has 0 saturated carbocycles. The first kappa shape index (κ1) is 35.0. The van der Waals surface area contributed by atoms with Gasteiger partial charge in [0.15, 0.2) is 0 Å². The molecule has 4 aromatic rings. The summed E-state index contributed by atoms with van der Waals surface area (Å²) in [6, 6.07) is 18.3. The largest absolute Gasteiger partial charge is 0.446 e. The molecule has 2 aromatic heterocycles. The Morgan fingerprint density at radius 3 is 2.61 bits per heavy atom. The van der Waals surface area contributed by atoms with Crippen LogP contribution >= 0.6 is 11.6 Å². The van der Waals surface area contributed by atoms with Crippen LogP contribution in [0.25, 0.3) is 11.1 Å². The van der Waals surface area contributed by atoms with Gasteiger partial charge in [-0.25, -0.2) is 4.98 Å². The van der Waals surface area contributed by atoms with Gasteiger partial charge in [0.2, 0.25) is 17.5 Å². The molecule has 0 spiro atoms. The number of aliphatic hydroxyl groups is 2. The minimum Gasteiger partial charge on any atom is -0.446 e. The molecular formula is C38H46ClN5O5. The summed E-state index contributed by atoms with van der Waals surface area (Å²) in [5.74, 6) is -0.880. The van der Waals surface area contributed by atoms with Crippen molar-refractivity contribution in [2.45, 2.75) is 76.4 Å². The van der Waals surface area contributed by atoms with Crippen molar-refractivity contribution in [3.05, 3.63) is 100 Å². The van der Waals surface area contributed by atoms with Crippen LogP contribution in [-0.2, 0) is 29.0 Å². The summed E-state index contributed by atoms with van der Waals surface area (Å²) in [5.41, 5.74) is 3.84. The van der Waals surface area contributed by atoms with E-state index in [1.807, 2.05) is 80.3 Å². The van der Waals surface area contributed by atoms with Gasteiger partial charge in [-0.15, -0.1) is 0 Å². The smallest absolute Gasteiger partial charge is 0.239 e. The zero-order chi connectivity index (χ0) is 34.7. The molecule has 5 atom stereocenters. The number of furan rings is 1. The van der Waals surface area contributed by atoms with Gasteiger partial charge in [-0.05, 0) is 56.4 Å². The Bertz CT molecular complexity index is 1760. The second-order valence-corrected chi connectivity index (χ2v) is 14.8. The first-order valence-corrected chi connectivity index (χ1v) is 17.4. The number of pyridine rings is 1. The highest BCUT2D eigenvalue weighted by Gasteiger charge is 2.37. The van der Waals surface area contributed by atoms with E-state index in [1.165, 1.54) is 0 Å². The Kier molecular flexibility index (Phi) is 10.7. The lowest BCUT2D eigenvalue weighted by atomic mass is 9.91. The molecule has 3 heterocycles. The maximum atomic E-state index is 13.9. The van der Waals surface area contributed by atoms with Crippen LogP contribution in [0.5, 0.6) is 0 Å². The number of halogens is 1. The van der Waals surface area contributed by atoms with E-state index >= 15 is 0 Å². The summed E-state index contributed by atoms with van der Waals surface area (Å²) in [6.07, 6.45) is 2.81. The van der Waals surface area contributed by atoms with Crippen molar-refractivity contribution in [2.75, 3.05) is 26.2 Å². The molecule has 6 rings (SSSR count). The van der Waals surface area contributed by atoms with Gasteiger partial charge in [-0.1, -0.05) is 66.2 Å². The zero-order valence-corrected chi connectivity index (χ0v) is 29.1. The van der Waals surface area contributed by atoms with E-state index in [2.05, 4.69) is 20.5 Å². The summed E-state index contributed by atoms with van der Waals surface area (Å²) in [6.45, 7) is 8.21. The van der Waals surface area contributed by atoms with E-state index < -0.39 is 35.7 Å². The monoisotopic (exact) mass is 687 g/mol. The quantitative estimate of drug-likeness (QED) is 0.184. The Hall–Kier alpha value is -3.80. The molecule has 49 heavy (non-hydrogen) atoms. The fraction of sp³-hybridized carbons (Fsp3) is 0.447. The molecule has 1 saturated heterocycles. The number of aliphatic hydroxyl groups excluding tert-OH is 2. The van der Waals surface area contributed by atoms with Crippen LogP contribution < -0.4 is 10.6 Å². The Morgan fingerprint density at radius 2 is 1.84 bits per heavy atom. The maximum Gasteiger partial charge on any atom is 0.239 e. The van der Waals surface area contributed by atoms with E-state index in [-0.39, 0.29) is 24.8 Å². The van der Waals surface area contributed by atoms with Crippen LogP contribution in [-0.4, -0.2) is 86.8 Å². The van der Waals surface area contributed by atoms with Crippen molar-refractivity contribution in [1.82, 2.24) is 25.4 Å². The standard InChI is InChI=1S/C38H46ClN5O5/c1-38(2,3)42-36(48)31-23-43(21-27-20-40-37-30(33(27)39)13-16-49-37)14-15-44(31)22-28(45)18-26(17-24-9-5-4-6-10-24)35(47)41-34-29-12-8-7-11-25(29)19-32(34)46/h4-13,16,20,26,28,31-32,34,45-46H,14-15,17-19,21-23H2,1-3H3,(H,41,47)(H,42,48)/t26-,28+,31+,32-,34?/m1/s1. The van der Waals surface area contributed by atoms with Crippen molar-refractivity contribution < 1.29 is 24.2 Å². The van der Waals surface area contributed by atoms with Crippen molar-refractivity contribution in [3.8, 4) is 0 Å². The Labute approximate surface area is 292 Å². The number of fused-ring (bicyclic) bond motifs is 2. The number of hydrogen-bond donors (Lipinski definition) is 4. The van der Waals surface area contributed by atoms with E-state index in [4.69, 9.17) is 16.0 Å². The van der Waals surface area contributed by atoms with Gasteiger partial charge in [0.25, 0.3) is 0 Å². The Morgan fingerprint density at radius 1 is 1.08 bits per heavy atom. The number of aromatic nitrogens is 1. The van der Waals surface area contributed by atoms with Crippen molar-refractivity contribution in [2.24, 2.45) is 5.92 Å². The third-order valence-corrected chi connectivity index (χ3v) is 9.92. The maximum absolute atomic E-state index is 13.9. The average Bonchev–Trinajstić information content (AvgIpc) is 3.67. The second kappa shape index (κ2) is 15.0. The summed E-state index contributed by atoms with van der Waals surface area (Å²) in [5, 5.41) is 30.0. The normalized spacial score (nSPS) is 21.3. The molecule has 11 heteroatoms. The number of piperazine rings is 1. The molecule has 2 aromatic carbocycles. The molecular weight excluding hydrogens is 642 g/mol. The van der Waals surface area contributed by atoms with E-state index in [0.717, 1.165) is 27.6 Å². The van der Waals surface area contributed by atoms with Gasteiger partial charge < -0.3 is 25.3 Å². The van der Waals surface area contributed by atoms with Crippen LogP contribution in [0.15, 0.2) is 77.5 Å². The minimum atomic E-state index is -0.876. The van der Waals surface area contributed by atoms with Crippen LogP contribution in [0.1, 0.15) is 55.5 Å². The number of benzene rings is 2. The number of nitrogens with zero attached hydrogens (tertiary/aromatic N) is 3. The number of nitrogens with one attached hydrogen (secondary N) is 2. The molecule has 2 aliphatic rings. The van der Waals surface area contributed by atoms with Gasteiger partial charge in [0.05, 0.1) is 34.9 Å². The molecule has 2 amide bonds. The fourth-order valence-corrected chi connectivity index (χ4v) is 7.35. The highest BCUT2D eigenvalue weighted by molar-refractivity contribution is 6.35. The minimum absolute atomic E-state index is 0.119. The first-order valence-electron chi connectivity index (χ1n) is 17.0. The molecule has 1 aliphatic carbocycles. The topological polar surface area (TPSA) is 131 Å². The van der Waals surface area contributed by atoms with E-state index in [9.17, 15) is 19.8 Å². The predicted molar refractivity (Wildman–Crippen MR) is 189 cm³/mol. The second-order valence-electron chi connectivity index (χ2n) is 14.5. The number of rotatable bonds is 11. The molecule has 0 radical (unpaired) electrons. The highest BCUT2D eigenvalue weighted by atomic mass is 35.5. The van der Waals surface area contributed by atoms with Crippen LogP contribution in [0, 0.1) is 5.92 Å². The number of β-amino-alcohol motifs (C(OH)–C–C–N with tert-alkyl or cyclic N) is 1. The number of carbonyl (C=O) groups is 2.